The Morgan fingerprint density at radius 3 is 2.54 bits per heavy atom. The van der Waals surface area contributed by atoms with Crippen LogP contribution in [0.5, 0.6) is 17.2 Å². The summed E-state index contributed by atoms with van der Waals surface area (Å²) in [6.07, 6.45) is 0. The summed E-state index contributed by atoms with van der Waals surface area (Å²) in [6, 6.07) is 15.2. The van der Waals surface area contributed by atoms with Gasteiger partial charge in [0.1, 0.15) is 18.2 Å². The number of hydrogen-bond donors (Lipinski definition) is 2. The topological polar surface area (TPSA) is 73.3 Å². The number of nitrogens with zero attached hydrogens (tertiary/aromatic N) is 2. The van der Waals surface area contributed by atoms with Crippen molar-refractivity contribution in [1.29, 1.82) is 0 Å². The first-order chi connectivity index (χ1) is 16.9. The summed E-state index contributed by atoms with van der Waals surface area (Å²) >= 11 is 18.0. The molecule has 35 heavy (non-hydrogen) atoms. The Morgan fingerprint density at radius 2 is 1.80 bits per heavy atom. The molecule has 3 aromatic carbocycles. The highest BCUT2D eigenvalue weighted by atomic mass is 35.5. The van der Waals surface area contributed by atoms with E-state index in [1.807, 2.05) is 24.3 Å². The smallest absolute Gasteiger partial charge is 0.214 e. The molecule has 0 saturated carbocycles. The Hall–Kier alpha value is -3.27. The van der Waals surface area contributed by atoms with Crippen molar-refractivity contribution in [1.82, 2.24) is 14.9 Å². The van der Waals surface area contributed by atoms with Crippen molar-refractivity contribution < 1.29 is 18.6 Å². The van der Waals surface area contributed by atoms with Gasteiger partial charge in [-0.2, -0.15) is 5.10 Å². The SMILES string of the molecule is COc1ccccc1-c1n[nH]c(=S)n1NCc1cc(Cl)c(OCc2ccc(F)cc2Cl)c(OC)c1. The van der Waals surface area contributed by atoms with E-state index in [0.29, 0.717) is 45.0 Å². The molecular weight excluding hydrogens is 514 g/mol. The summed E-state index contributed by atoms with van der Waals surface area (Å²) in [5, 5.41) is 7.75. The molecule has 0 saturated heterocycles. The van der Waals surface area contributed by atoms with E-state index in [1.54, 1.807) is 30.0 Å². The molecule has 1 heterocycles. The van der Waals surface area contributed by atoms with Gasteiger partial charge in [0.15, 0.2) is 17.3 Å². The zero-order valence-electron chi connectivity index (χ0n) is 18.8. The quantitative estimate of drug-likeness (QED) is 0.242. The molecular formula is C24H21Cl2FN4O3S. The fourth-order valence-electron chi connectivity index (χ4n) is 3.43. The van der Waals surface area contributed by atoms with Gasteiger partial charge in [0.2, 0.25) is 4.77 Å². The summed E-state index contributed by atoms with van der Waals surface area (Å²) in [6.45, 7) is 0.454. The van der Waals surface area contributed by atoms with Crippen LogP contribution in [0, 0.1) is 10.6 Å². The van der Waals surface area contributed by atoms with Crippen LogP contribution < -0.4 is 19.6 Å². The van der Waals surface area contributed by atoms with Gasteiger partial charge in [-0.3, -0.25) is 0 Å². The lowest BCUT2D eigenvalue weighted by Crippen LogP contribution is -2.16. The van der Waals surface area contributed by atoms with E-state index in [9.17, 15) is 4.39 Å². The molecule has 0 fully saturated rings. The van der Waals surface area contributed by atoms with E-state index in [4.69, 9.17) is 49.6 Å². The van der Waals surface area contributed by atoms with E-state index in [-0.39, 0.29) is 11.6 Å². The monoisotopic (exact) mass is 534 g/mol. The Morgan fingerprint density at radius 1 is 1.03 bits per heavy atom. The Bertz CT molecular complexity index is 1410. The molecule has 4 aromatic rings. The second-order valence-corrected chi connectivity index (χ2v) is 8.56. The molecule has 0 aliphatic rings. The number of benzene rings is 3. The van der Waals surface area contributed by atoms with Crippen molar-refractivity contribution in [2.24, 2.45) is 0 Å². The minimum absolute atomic E-state index is 0.0965. The first-order valence-electron chi connectivity index (χ1n) is 10.4. The van der Waals surface area contributed by atoms with Crippen molar-refractivity contribution in [2.75, 3.05) is 19.6 Å². The number of hydrogen-bond acceptors (Lipinski definition) is 6. The lowest BCUT2D eigenvalue weighted by Gasteiger charge is -2.16. The largest absolute Gasteiger partial charge is 0.496 e. The molecule has 0 amide bonds. The number of nitrogens with one attached hydrogen (secondary N) is 2. The highest BCUT2D eigenvalue weighted by Gasteiger charge is 2.16. The van der Waals surface area contributed by atoms with Gasteiger partial charge in [0.05, 0.1) is 36.4 Å². The van der Waals surface area contributed by atoms with Gasteiger partial charge in [-0.05, 0) is 54.2 Å². The van der Waals surface area contributed by atoms with E-state index >= 15 is 0 Å². The van der Waals surface area contributed by atoms with Crippen LogP contribution >= 0.6 is 35.4 Å². The second kappa shape index (κ2) is 11.0. The third-order valence-corrected chi connectivity index (χ3v) is 6.04. The predicted molar refractivity (Wildman–Crippen MR) is 136 cm³/mol. The maximum atomic E-state index is 13.3. The predicted octanol–water partition coefficient (Wildman–Crippen LogP) is 6.39. The molecule has 0 aliphatic carbocycles. The number of methoxy groups -OCH3 is 2. The highest BCUT2D eigenvalue weighted by Crippen LogP contribution is 2.37. The highest BCUT2D eigenvalue weighted by molar-refractivity contribution is 7.71. The van der Waals surface area contributed by atoms with Gasteiger partial charge < -0.3 is 19.6 Å². The second-order valence-electron chi connectivity index (χ2n) is 7.36. The average molecular weight is 535 g/mol. The Balaban J connectivity index is 1.54. The Kier molecular flexibility index (Phi) is 7.80. The lowest BCUT2D eigenvalue weighted by molar-refractivity contribution is 0.284. The molecule has 182 valence electrons. The van der Waals surface area contributed by atoms with Gasteiger partial charge in [0.25, 0.3) is 0 Å². The van der Waals surface area contributed by atoms with Crippen LogP contribution in [0.4, 0.5) is 4.39 Å². The fraction of sp³-hybridized carbons (Fsp3) is 0.167. The van der Waals surface area contributed by atoms with Gasteiger partial charge in [-0.1, -0.05) is 41.4 Å². The van der Waals surface area contributed by atoms with Crippen LogP contribution in [0.2, 0.25) is 10.0 Å². The molecule has 0 bridgehead atoms. The van der Waals surface area contributed by atoms with Crippen LogP contribution in [0.3, 0.4) is 0 Å². The Labute approximate surface area is 216 Å². The van der Waals surface area contributed by atoms with Crippen molar-refractivity contribution >= 4 is 35.4 Å². The molecule has 11 heteroatoms. The lowest BCUT2D eigenvalue weighted by atomic mass is 10.2. The first kappa shape index (κ1) is 24.8. The standard InChI is InChI=1S/C24H21Cl2FN4O3S/c1-32-20-6-4-3-5-17(20)23-29-30-24(35)31(23)28-12-14-9-19(26)22(21(10-14)33-2)34-13-15-7-8-16(27)11-18(15)25/h3-11,28H,12-13H2,1-2H3,(H,30,35). The van der Waals surface area contributed by atoms with E-state index in [2.05, 4.69) is 15.6 Å². The number of H-pyrrole nitrogens is 1. The molecule has 0 aliphatic heterocycles. The summed E-state index contributed by atoms with van der Waals surface area (Å²) in [7, 11) is 3.12. The zero-order valence-corrected chi connectivity index (χ0v) is 21.1. The van der Waals surface area contributed by atoms with Crippen molar-refractivity contribution in [3.05, 3.63) is 86.4 Å². The van der Waals surface area contributed by atoms with E-state index < -0.39 is 5.82 Å². The van der Waals surface area contributed by atoms with Crippen molar-refractivity contribution in [3.63, 3.8) is 0 Å². The van der Waals surface area contributed by atoms with Gasteiger partial charge >= 0.3 is 0 Å². The third-order valence-electron chi connectivity index (χ3n) is 5.14. The van der Waals surface area contributed by atoms with E-state index in [1.165, 1.54) is 19.2 Å². The number of ether oxygens (including phenoxy) is 3. The third kappa shape index (κ3) is 5.53. The number of aromatic nitrogens is 3. The summed E-state index contributed by atoms with van der Waals surface area (Å²) in [4.78, 5) is 0. The number of para-hydroxylation sites is 1. The van der Waals surface area contributed by atoms with Crippen molar-refractivity contribution in [2.45, 2.75) is 13.2 Å². The fourth-order valence-corrected chi connectivity index (χ4v) is 4.13. The van der Waals surface area contributed by atoms with Crippen LogP contribution in [-0.2, 0) is 13.2 Å². The molecule has 7 nitrogen and oxygen atoms in total. The van der Waals surface area contributed by atoms with Gasteiger partial charge in [-0.25, -0.2) is 14.2 Å². The van der Waals surface area contributed by atoms with Crippen LogP contribution in [-0.4, -0.2) is 29.1 Å². The van der Waals surface area contributed by atoms with Crippen LogP contribution in [0.1, 0.15) is 11.1 Å². The molecule has 0 atom stereocenters. The van der Waals surface area contributed by atoms with E-state index in [0.717, 1.165) is 11.1 Å². The minimum Gasteiger partial charge on any atom is -0.496 e. The summed E-state index contributed by atoms with van der Waals surface area (Å²) < 4.78 is 32.2. The maximum absolute atomic E-state index is 13.3. The number of halogens is 3. The first-order valence-corrected chi connectivity index (χ1v) is 11.6. The molecule has 0 spiro atoms. The van der Waals surface area contributed by atoms with Crippen LogP contribution in [0.25, 0.3) is 11.4 Å². The molecule has 0 unspecified atom stereocenters. The molecule has 4 rings (SSSR count). The zero-order chi connectivity index (χ0) is 24.9. The summed E-state index contributed by atoms with van der Waals surface area (Å²) in [5.41, 5.74) is 5.46. The molecule has 1 aromatic heterocycles. The molecule has 0 radical (unpaired) electrons. The normalized spacial score (nSPS) is 10.8. The average Bonchev–Trinajstić information content (AvgIpc) is 3.22. The number of rotatable bonds is 9. The van der Waals surface area contributed by atoms with Gasteiger partial charge in [0, 0.05) is 5.56 Å². The van der Waals surface area contributed by atoms with Crippen molar-refractivity contribution in [3.8, 4) is 28.6 Å². The summed E-state index contributed by atoms with van der Waals surface area (Å²) in [5.74, 6) is 1.61. The van der Waals surface area contributed by atoms with Crippen LogP contribution in [0.15, 0.2) is 54.6 Å². The molecule has 2 N–H and O–H groups in total. The number of aromatic amines is 1. The van der Waals surface area contributed by atoms with Gasteiger partial charge in [-0.15, -0.1) is 0 Å². The minimum atomic E-state index is -0.419. The maximum Gasteiger partial charge on any atom is 0.214 e.